The Labute approximate surface area is 143 Å². The summed E-state index contributed by atoms with van der Waals surface area (Å²) in [6.45, 7) is 3.91. The summed E-state index contributed by atoms with van der Waals surface area (Å²) in [6, 6.07) is 8.71. The van der Waals surface area contributed by atoms with Crippen LogP contribution in [0.3, 0.4) is 0 Å². The SMILES string of the molecule is Cc1cnn(CCNCC(=O)N(C)C2CCCc3ccccc32)c1. The van der Waals surface area contributed by atoms with Gasteiger partial charge in [-0.25, -0.2) is 0 Å². The molecule has 2 aromatic rings. The summed E-state index contributed by atoms with van der Waals surface area (Å²) in [6.07, 6.45) is 7.17. The number of nitrogens with one attached hydrogen (secondary N) is 1. The molecule has 5 nitrogen and oxygen atoms in total. The molecule has 1 aromatic carbocycles. The highest BCUT2D eigenvalue weighted by molar-refractivity contribution is 5.78. The van der Waals surface area contributed by atoms with Crippen molar-refractivity contribution in [3.8, 4) is 0 Å². The van der Waals surface area contributed by atoms with Gasteiger partial charge in [0.15, 0.2) is 0 Å². The molecule has 0 radical (unpaired) electrons. The maximum atomic E-state index is 12.5. The van der Waals surface area contributed by atoms with Gasteiger partial charge in [-0.05, 0) is 42.9 Å². The first-order valence-electron chi connectivity index (χ1n) is 8.68. The van der Waals surface area contributed by atoms with E-state index in [0.717, 1.165) is 37.9 Å². The fraction of sp³-hybridized carbons (Fsp3) is 0.474. The monoisotopic (exact) mass is 326 g/mol. The van der Waals surface area contributed by atoms with Crippen LogP contribution in [0.25, 0.3) is 0 Å². The van der Waals surface area contributed by atoms with Crippen LogP contribution < -0.4 is 5.32 Å². The lowest BCUT2D eigenvalue weighted by molar-refractivity contribution is -0.131. The molecule has 1 unspecified atom stereocenters. The van der Waals surface area contributed by atoms with Crippen molar-refractivity contribution in [2.24, 2.45) is 0 Å². The molecule has 1 heterocycles. The van der Waals surface area contributed by atoms with E-state index in [9.17, 15) is 4.79 Å². The van der Waals surface area contributed by atoms with Gasteiger partial charge in [0, 0.05) is 19.8 Å². The van der Waals surface area contributed by atoms with Gasteiger partial charge in [-0.2, -0.15) is 5.10 Å². The number of fused-ring (bicyclic) bond motifs is 1. The lowest BCUT2D eigenvalue weighted by Crippen LogP contribution is -2.39. The summed E-state index contributed by atoms with van der Waals surface area (Å²) < 4.78 is 1.90. The van der Waals surface area contributed by atoms with Gasteiger partial charge in [-0.3, -0.25) is 9.48 Å². The fourth-order valence-electron chi connectivity index (χ4n) is 3.41. The highest BCUT2D eigenvalue weighted by Crippen LogP contribution is 2.33. The average Bonchev–Trinajstić information content (AvgIpc) is 3.02. The molecule has 5 heteroatoms. The highest BCUT2D eigenvalue weighted by atomic mass is 16.2. The van der Waals surface area contributed by atoms with Gasteiger partial charge in [-0.1, -0.05) is 24.3 Å². The lowest BCUT2D eigenvalue weighted by atomic mass is 9.87. The van der Waals surface area contributed by atoms with Crippen molar-refractivity contribution in [2.75, 3.05) is 20.1 Å². The second-order valence-electron chi connectivity index (χ2n) is 6.57. The average molecular weight is 326 g/mol. The number of hydrogen-bond acceptors (Lipinski definition) is 3. The van der Waals surface area contributed by atoms with Gasteiger partial charge in [0.1, 0.15) is 0 Å². The van der Waals surface area contributed by atoms with Gasteiger partial charge in [0.25, 0.3) is 0 Å². The fourth-order valence-corrected chi connectivity index (χ4v) is 3.41. The molecule has 0 aliphatic heterocycles. The first-order valence-corrected chi connectivity index (χ1v) is 8.68. The van der Waals surface area contributed by atoms with E-state index in [1.54, 1.807) is 0 Å². The molecule has 1 aliphatic carbocycles. The predicted molar refractivity (Wildman–Crippen MR) is 94.7 cm³/mol. The van der Waals surface area contributed by atoms with Crippen LogP contribution in [0.15, 0.2) is 36.7 Å². The Balaban J connectivity index is 1.50. The summed E-state index contributed by atoms with van der Waals surface area (Å²) in [4.78, 5) is 14.4. The van der Waals surface area contributed by atoms with Crippen LogP contribution in [0.2, 0.25) is 0 Å². The van der Waals surface area contributed by atoms with E-state index < -0.39 is 0 Å². The Kier molecular flexibility index (Phi) is 5.30. The van der Waals surface area contributed by atoms with E-state index >= 15 is 0 Å². The number of carbonyl (C=O) groups excluding carboxylic acids is 1. The first-order chi connectivity index (χ1) is 11.6. The third-order valence-electron chi connectivity index (χ3n) is 4.75. The molecule has 1 atom stereocenters. The molecule has 3 rings (SSSR count). The number of aromatic nitrogens is 2. The van der Waals surface area contributed by atoms with Crippen LogP contribution in [0.1, 0.15) is 35.6 Å². The zero-order valence-electron chi connectivity index (χ0n) is 14.5. The Hall–Kier alpha value is -2.14. The second kappa shape index (κ2) is 7.62. The smallest absolute Gasteiger partial charge is 0.236 e. The maximum Gasteiger partial charge on any atom is 0.236 e. The van der Waals surface area contributed by atoms with E-state index in [-0.39, 0.29) is 11.9 Å². The van der Waals surface area contributed by atoms with Crippen LogP contribution in [0.4, 0.5) is 0 Å². The number of likely N-dealkylation sites (N-methyl/N-ethyl adjacent to an activating group) is 1. The van der Waals surface area contributed by atoms with Crippen LogP contribution in [0.5, 0.6) is 0 Å². The summed E-state index contributed by atoms with van der Waals surface area (Å²) in [5, 5.41) is 7.48. The number of nitrogens with zero attached hydrogens (tertiary/aromatic N) is 3. The molecule has 0 spiro atoms. The van der Waals surface area contributed by atoms with E-state index in [2.05, 4.69) is 34.7 Å². The number of benzene rings is 1. The minimum Gasteiger partial charge on any atom is -0.338 e. The van der Waals surface area contributed by atoms with Crippen LogP contribution in [-0.4, -0.2) is 40.7 Å². The molecule has 0 saturated heterocycles. The Bertz CT molecular complexity index is 694. The van der Waals surface area contributed by atoms with Crippen molar-refractivity contribution < 1.29 is 4.79 Å². The van der Waals surface area contributed by atoms with Gasteiger partial charge in [0.05, 0.1) is 25.3 Å². The Morgan fingerprint density at radius 1 is 1.42 bits per heavy atom. The van der Waals surface area contributed by atoms with Gasteiger partial charge in [0.2, 0.25) is 5.91 Å². The molecule has 1 amide bonds. The third-order valence-corrected chi connectivity index (χ3v) is 4.75. The summed E-state index contributed by atoms with van der Waals surface area (Å²) in [5.74, 6) is 0.147. The van der Waals surface area contributed by atoms with E-state index in [4.69, 9.17) is 0 Å². The molecule has 1 aliphatic rings. The van der Waals surface area contributed by atoms with Gasteiger partial charge >= 0.3 is 0 Å². The summed E-state index contributed by atoms with van der Waals surface area (Å²) in [5.41, 5.74) is 3.85. The van der Waals surface area contributed by atoms with Crippen LogP contribution >= 0.6 is 0 Å². The minimum absolute atomic E-state index is 0.147. The second-order valence-corrected chi connectivity index (χ2v) is 6.57. The van der Waals surface area contributed by atoms with E-state index in [0.29, 0.717) is 6.54 Å². The number of carbonyl (C=O) groups is 1. The number of amides is 1. The zero-order chi connectivity index (χ0) is 16.9. The summed E-state index contributed by atoms with van der Waals surface area (Å²) >= 11 is 0. The van der Waals surface area contributed by atoms with E-state index in [1.807, 2.05) is 35.9 Å². The number of hydrogen-bond donors (Lipinski definition) is 1. The van der Waals surface area contributed by atoms with Crippen molar-refractivity contribution in [1.82, 2.24) is 20.0 Å². The quantitative estimate of drug-likeness (QED) is 0.829. The molecular weight excluding hydrogens is 300 g/mol. The van der Waals surface area contributed by atoms with Gasteiger partial charge < -0.3 is 10.2 Å². The van der Waals surface area contributed by atoms with Crippen molar-refractivity contribution >= 4 is 5.91 Å². The molecule has 1 N–H and O–H groups in total. The van der Waals surface area contributed by atoms with Crippen LogP contribution in [-0.2, 0) is 17.8 Å². The van der Waals surface area contributed by atoms with Crippen LogP contribution in [0, 0.1) is 6.92 Å². The number of aryl methyl sites for hydroxylation is 2. The third kappa shape index (κ3) is 3.85. The largest absolute Gasteiger partial charge is 0.338 e. The van der Waals surface area contributed by atoms with Crippen molar-refractivity contribution in [2.45, 2.75) is 38.8 Å². The molecule has 0 saturated carbocycles. The van der Waals surface area contributed by atoms with Crippen molar-refractivity contribution in [3.05, 3.63) is 53.3 Å². The molecule has 128 valence electrons. The number of rotatable bonds is 6. The lowest BCUT2D eigenvalue weighted by Gasteiger charge is -2.33. The standard InChI is InChI=1S/C19H26N4O/c1-15-12-21-23(14-15)11-10-20-13-19(24)22(2)18-9-5-7-16-6-3-4-8-17(16)18/h3-4,6,8,12,14,18,20H,5,7,9-11,13H2,1-2H3. The Morgan fingerprint density at radius 2 is 2.25 bits per heavy atom. The molecule has 1 aromatic heterocycles. The summed E-state index contributed by atoms with van der Waals surface area (Å²) in [7, 11) is 1.92. The minimum atomic E-state index is 0.147. The zero-order valence-corrected chi connectivity index (χ0v) is 14.5. The van der Waals surface area contributed by atoms with Crippen molar-refractivity contribution in [3.63, 3.8) is 0 Å². The first kappa shape index (κ1) is 16.7. The Morgan fingerprint density at radius 3 is 3.04 bits per heavy atom. The molecule has 24 heavy (non-hydrogen) atoms. The van der Waals surface area contributed by atoms with E-state index in [1.165, 1.54) is 11.1 Å². The molecule has 0 fully saturated rings. The maximum absolute atomic E-state index is 12.5. The van der Waals surface area contributed by atoms with Gasteiger partial charge in [-0.15, -0.1) is 0 Å². The predicted octanol–water partition coefficient (Wildman–Crippen LogP) is 2.32. The van der Waals surface area contributed by atoms with Crippen molar-refractivity contribution in [1.29, 1.82) is 0 Å². The molecular formula is C19H26N4O. The molecule has 0 bridgehead atoms. The topological polar surface area (TPSA) is 50.2 Å². The normalized spacial score (nSPS) is 16.7. The highest BCUT2D eigenvalue weighted by Gasteiger charge is 2.25.